The van der Waals surface area contributed by atoms with Gasteiger partial charge in [0.05, 0.1) is 15.8 Å². The van der Waals surface area contributed by atoms with E-state index in [-0.39, 0.29) is 5.97 Å². The Morgan fingerprint density at radius 1 is 1.33 bits per heavy atom. The predicted octanol–water partition coefficient (Wildman–Crippen LogP) is 2.54. The van der Waals surface area contributed by atoms with E-state index >= 15 is 0 Å². The number of aryl methyl sites for hydroxylation is 1. The highest BCUT2D eigenvalue weighted by Crippen LogP contribution is 2.42. The normalized spacial score (nSPS) is 22.7. The van der Waals surface area contributed by atoms with E-state index in [1.54, 1.807) is 6.07 Å². The molecule has 1 aromatic heterocycles. The van der Waals surface area contributed by atoms with E-state index in [9.17, 15) is 13.2 Å². The zero-order chi connectivity index (χ0) is 15.3. The van der Waals surface area contributed by atoms with Gasteiger partial charge in [0.2, 0.25) is 0 Å². The first-order chi connectivity index (χ1) is 9.85. The van der Waals surface area contributed by atoms with E-state index < -0.39 is 15.4 Å². The number of halogens is 1. The Balaban J connectivity index is 1.78. The summed E-state index contributed by atoms with van der Waals surface area (Å²) < 4.78 is 33.0. The van der Waals surface area contributed by atoms with Crippen LogP contribution < -0.4 is 0 Å². The fourth-order valence-corrected chi connectivity index (χ4v) is 6.71. The van der Waals surface area contributed by atoms with Gasteiger partial charge in [-0.05, 0) is 53.7 Å². The molecule has 1 aromatic rings. The predicted molar refractivity (Wildman–Crippen MR) is 82.8 cm³/mol. The first-order valence-corrected chi connectivity index (χ1v) is 9.83. The highest BCUT2D eigenvalue weighted by atomic mass is 79.9. The molecule has 2 aliphatic rings. The molecule has 0 aromatic carbocycles. The van der Waals surface area contributed by atoms with Crippen LogP contribution in [0.2, 0.25) is 0 Å². The molecule has 2 aliphatic heterocycles. The molecular weight excluding hydrogens is 378 g/mol. The summed E-state index contributed by atoms with van der Waals surface area (Å²) in [4.78, 5) is 11.8. The monoisotopic (exact) mass is 393 g/mol. The van der Waals surface area contributed by atoms with E-state index in [1.165, 1.54) is 15.6 Å². The SMILES string of the molecule is Cc1cc(S(=O)(=O)N2CCC3(CCOC3=O)CC2)sc1Br. The Labute approximate surface area is 136 Å². The summed E-state index contributed by atoms with van der Waals surface area (Å²) in [6, 6.07) is 1.69. The molecule has 2 fully saturated rings. The second kappa shape index (κ2) is 5.33. The molecule has 0 amide bonds. The summed E-state index contributed by atoms with van der Waals surface area (Å²) in [6.45, 7) is 3.10. The summed E-state index contributed by atoms with van der Waals surface area (Å²) >= 11 is 4.60. The van der Waals surface area contributed by atoms with Crippen LogP contribution in [0.3, 0.4) is 0 Å². The van der Waals surface area contributed by atoms with Gasteiger partial charge in [0.25, 0.3) is 10.0 Å². The number of carbonyl (C=O) groups excluding carboxylic acids is 1. The maximum Gasteiger partial charge on any atom is 0.312 e. The fourth-order valence-electron chi connectivity index (χ4n) is 2.89. The van der Waals surface area contributed by atoms with Gasteiger partial charge in [-0.2, -0.15) is 4.31 Å². The largest absolute Gasteiger partial charge is 0.465 e. The minimum absolute atomic E-state index is 0.158. The lowest BCUT2D eigenvalue weighted by atomic mass is 9.78. The number of cyclic esters (lactones) is 1. The summed E-state index contributed by atoms with van der Waals surface area (Å²) in [5.41, 5.74) is 0.476. The molecule has 0 atom stereocenters. The summed E-state index contributed by atoms with van der Waals surface area (Å²) in [6.07, 6.45) is 1.82. The molecule has 0 radical (unpaired) electrons. The Hall–Kier alpha value is -0.440. The van der Waals surface area contributed by atoms with Crippen molar-refractivity contribution in [3.8, 4) is 0 Å². The van der Waals surface area contributed by atoms with E-state index in [1.807, 2.05) is 6.92 Å². The molecule has 0 N–H and O–H groups in total. The van der Waals surface area contributed by atoms with Crippen molar-refractivity contribution in [2.75, 3.05) is 19.7 Å². The number of ether oxygens (including phenoxy) is 1. The lowest BCUT2D eigenvalue weighted by Gasteiger charge is -2.35. The number of rotatable bonds is 2. The maximum absolute atomic E-state index is 12.6. The van der Waals surface area contributed by atoms with Crippen molar-refractivity contribution in [1.29, 1.82) is 0 Å². The number of esters is 1. The van der Waals surface area contributed by atoms with Gasteiger partial charge >= 0.3 is 5.97 Å². The molecule has 2 saturated heterocycles. The topological polar surface area (TPSA) is 63.7 Å². The lowest BCUT2D eigenvalue weighted by Crippen LogP contribution is -2.44. The average Bonchev–Trinajstić information content (AvgIpc) is 2.96. The summed E-state index contributed by atoms with van der Waals surface area (Å²) in [5.74, 6) is -0.158. The lowest BCUT2D eigenvalue weighted by molar-refractivity contribution is -0.147. The van der Waals surface area contributed by atoms with Crippen molar-refractivity contribution < 1.29 is 17.9 Å². The quantitative estimate of drug-likeness (QED) is 0.724. The van der Waals surface area contributed by atoms with Gasteiger partial charge in [0, 0.05) is 13.1 Å². The third-order valence-electron chi connectivity index (χ3n) is 4.36. The Kier molecular flexibility index (Phi) is 3.92. The van der Waals surface area contributed by atoms with Crippen LogP contribution in [0.5, 0.6) is 0 Å². The molecule has 0 bridgehead atoms. The molecule has 0 aliphatic carbocycles. The summed E-state index contributed by atoms with van der Waals surface area (Å²) in [7, 11) is -3.46. The number of sulfonamides is 1. The van der Waals surface area contributed by atoms with Crippen LogP contribution >= 0.6 is 27.3 Å². The van der Waals surface area contributed by atoms with Crippen LogP contribution in [0, 0.1) is 12.3 Å². The van der Waals surface area contributed by atoms with Crippen molar-refractivity contribution in [1.82, 2.24) is 4.31 Å². The van der Waals surface area contributed by atoms with Crippen LogP contribution in [0.25, 0.3) is 0 Å². The second-order valence-corrected chi connectivity index (χ2v) is 10.1. The fraction of sp³-hybridized carbons (Fsp3) is 0.615. The first-order valence-electron chi connectivity index (χ1n) is 6.78. The number of hydrogen-bond acceptors (Lipinski definition) is 5. The molecule has 5 nitrogen and oxygen atoms in total. The van der Waals surface area contributed by atoms with Crippen LogP contribution in [0.4, 0.5) is 0 Å². The van der Waals surface area contributed by atoms with Gasteiger partial charge in [-0.1, -0.05) is 0 Å². The Morgan fingerprint density at radius 2 is 2.00 bits per heavy atom. The van der Waals surface area contributed by atoms with Crippen LogP contribution in [-0.4, -0.2) is 38.4 Å². The molecule has 0 saturated carbocycles. The van der Waals surface area contributed by atoms with Gasteiger partial charge < -0.3 is 4.74 Å². The molecule has 3 heterocycles. The van der Waals surface area contributed by atoms with E-state index in [0.29, 0.717) is 43.2 Å². The number of hydrogen-bond donors (Lipinski definition) is 0. The van der Waals surface area contributed by atoms with E-state index in [2.05, 4.69) is 15.9 Å². The summed E-state index contributed by atoms with van der Waals surface area (Å²) in [5, 5.41) is 0. The van der Waals surface area contributed by atoms with Gasteiger partial charge in [0.15, 0.2) is 0 Å². The van der Waals surface area contributed by atoms with E-state index in [0.717, 1.165) is 9.35 Å². The van der Waals surface area contributed by atoms with Crippen LogP contribution in [0.15, 0.2) is 14.1 Å². The van der Waals surface area contributed by atoms with Gasteiger partial charge in [-0.15, -0.1) is 11.3 Å². The molecule has 116 valence electrons. The Bertz CT molecular complexity index is 655. The average molecular weight is 394 g/mol. The van der Waals surface area contributed by atoms with Gasteiger partial charge in [0.1, 0.15) is 4.21 Å². The zero-order valence-corrected chi connectivity index (χ0v) is 14.8. The van der Waals surface area contributed by atoms with Crippen LogP contribution in [0.1, 0.15) is 24.8 Å². The van der Waals surface area contributed by atoms with Crippen molar-refractivity contribution >= 4 is 43.3 Å². The van der Waals surface area contributed by atoms with Crippen molar-refractivity contribution in [3.05, 3.63) is 15.4 Å². The van der Waals surface area contributed by atoms with E-state index in [4.69, 9.17) is 4.74 Å². The molecule has 1 spiro atoms. The first kappa shape index (κ1) is 15.5. The highest BCUT2D eigenvalue weighted by molar-refractivity contribution is 9.11. The Morgan fingerprint density at radius 3 is 2.48 bits per heavy atom. The zero-order valence-electron chi connectivity index (χ0n) is 11.6. The van der Waals surface area contributed by atoms with Crippen molar-refractivity contribution in [3.63, 3.8) is 0 Å². The molecule has 0 unspecified atom stereocenters. The third kappa shape index (κ3) is 2.56. The smallest absolute Gasteiger partial charge is 0.312 e. The van der Waals surface area contributed by atoms with Crippen molar-refractivity contribution in [2.45, 2.75) is 30.4 Å². The molecule has 3 rings (SSSR count). The van der Waals surface area contributed by atoms with Gasteiger partial charge in [-0.3, -0.25) is 4.79 Å². The highest BCUT2D eigenvalue weighted by Gasteiger charge is 2.48. The van der Waals surface area contributed by atoms with Gasteiger partial charge in [-0.25, -0.2) is 8.42 Å². The number of nitrogens with zero attached hydrogens (tertiary/aromatic N) is 1. The number of carbonyl (C=O) groups is 1. The molecular formula is C13H16BrNO4S2. The second-order valence-electron chi connectivity index (χ2n) is 5.59. The minimum atomic E-state index is -3.46. The van der Waals surface area contributed by atoms with Crippen molar-refractivity contribution in [2.24, 2.45) is 5.41 Å². The third-order valence-corrected chi connectivity index (χ3v) is 8.84. The molecule has 8 heteroatoms. The van der Waals surface area contributed by atoms with Crippen LogP contribution in [-0.2, 0) is 19.6 Å². The number of thiophene rings is 1. The standard InChI is InChI=1S/C13H16BrNO4S2/c1-9-8-10(20-11(9)14)21(17,18)15-5-2-13(3-6-15)4-7-19-12(13)16/h8H,2-7H2,1H3. The minimum Gasteiger partial charge on any atom is -0.465 e. The number of piperidine rings is 1. The molecule has 21 heavy (non-hydrogen) atoms. The maximum atomic E-state index is 12.6.